The average Bonchev–Trinajstić information content (AvgIpc) is 2.24. The molecule has 0 amide bonds. The van der Waals surface area contributed by atoms with E-state index in [1.807, 2.05) is 6.07 Å². The lowest BCUT2D eigenvalue weighted by molar-refractivity contribution is 0.112. The van der Waals surface area contributed by atoms with Crippen LogP contribution in [0.4, 0.5) is 0 Å². The maximum atomic E-state index is 11.3. The first-order chi connectivity index (χ1) is 9.28. The Morgan fingerprint density at radius 3 is 1.90 bits per heavy atom. The van der Waals surface area contributed by atoms with Gasteiger partial charge in [-0.25, -0.2) is 0 Å². The highest BCUT2D eigenvalue weighted by molar-refractivity contribution is 5.81. The van der Waals surface area contributed by atoms with Gasteiger partial charge in [0.15, 0.2) is 6.29 Å². The molecule has 118 valence electrons. The van der Waals surface area contributed by atoms with Crippen LogP contribution < -0.4 is 0 Å². The number of carbonyl (C=O) groups excluding carboxylic acids is 1. The van der Waals surface area contributed by atoms with Crippen molar-refractivity contribution in [3.05, 3.63) is 28.8 Å². The molecule has 0 atom stereocenters. The van der Waals surface area contributed by atoms with Crippen LogP contribution in [-0.4, -0.2) is 11.4 Å². The van der Waals surface area contributed by atoms with E-state index in [1.54, 1.807) is 0 Å². The molecule has 21 heavy (non-hydrogen) atoms. The quantitative estimate of drug-likeness (QED) is 0.775. The first kappa shape index (κ1) is 17.7. The summed E-state index contributed by atoms with van der Waals surface area (Å²) in [4.78, 5) is 11.3. The van der Waals surface area contributed by atoms with Crippen LogP contribution in [0.2, 0.25) is 0 Å². The first-order valence-electron chi connectivity index (χ1n) is 7.61. The summed E-state index contributed by atoms with van der Waals surface area (Å²) in [7, 11) is 0. The van der Waals surface area contributed by atoms with E-state index in [1.165, 1.54) is 0 Å². The van der Waals surface area contributed by atoms with Crippen molar-refractivity contribution >= 4 is 6.29 Å². The number of aldehydes is 1. The van der Waals surface area contributed by atoms with Crippen molar-refractivity contribution in [2.75, 3.05) is 0 Å². The van der Waals surface area contributed by atoms with Crippen molar-refractivity contribution in [3.8, 4) is 5.75 Å². The Bertz CT molecular complexity index is 526. The third-order valence-electron chi connectivity index (χ3n) is 3.83. The van der Waals surface area contributed by atoms with E-state index in [0.717, 1.165) is 23.8 Å². The van der Waals surface area contributed by atoms with Gasteiger partial charge in [-0.1, -0.05) is 61.5 Å². The molecule has 0 bridgehead atoms. The number of rotatable bonds is 3. The van der Waals surface area contributed by atoms with Gasteiger partial charge in [0.2, 0.25) is 0 Å². The highest BCUT2D eigenvalue weighted by atomic mass is 16.3. The van der Waals surface area contributed by atoms with Crippen LogP contribution in [0.15, 0.2) is 12.1 Å². The fourth-order valence-corrected chi connectivity index (χ4v) is 3.14. The van der Waals surface area contributed by atoms with Gasteiger partial charge in [-0.3, -0.25) is 4.79 Å². The lowest BCUT2D eigenvalue weighted by Crippen LogP contribution is -2.26. The minimum absolute atomic E-state index is 0.0519. The second-order valence-electron chi connectivity index (χ2n) is 8.95. The SMILES string of the molecule is CC(C)(C)CC(C)(C)c1cc(C=O)c(O)c(C(C)(C)C)c1. The third-order valence-corrected chi connectivity index (χ3v) is 3.83. The van der Waals surface area contributed by atoms with Gasteiger partial charge in [0.05, 0.1) is 5.56 Å². The molecule has 1 aromatic rings. The van der Waals surface area contributed by atoms with E-state index in [0.29, 0.717) is 5.56 Å². The zero-order valence-corrected chi connectivity index (χ0v) is 14.8. The molecule has 0 unspecified atom stereocenters. The van der Waals surface area contributed by atoms with Crippen molar-refractivity contribution in [3.63, 3.8) is 0 Å². The molecule has 0 fully saturated rings. The molecule has 1 rings (SSSR count). The molecule has 0 saturated heterocycles. The number of phenolic OH excluding ortho intramolecular Hbond substituents is 1. The van der Waals surface area contributed by atoms with Gasteiger partial charge >= 0.3 is 0 Å². The fourth-order valence-electron chi connectivity index (χ4n) is 3.14. The largest absolute Gasteiger partial charge is 0.507 e. The van der Waals surface area contributed by atoms with E-state index in [9.17, 15) is 9.90 Å². The van der Waals surface area contributed by atoms with Crippen molar-refractivity contribution in [1.82, 2.24) is 0 Å². The Kier molecular flexibility index (Phi) is 4.62. The number of hydrogen-bond acceptors (Lipinski definition) is 2. The molecular weight excluding hydrogens is 260 g/mol. The van der Waals surface area contributed by atoms with Crippen molar-refractivity contribution in [1.29, 1.82) is 0 Å². The lowest BCUT2D eigenvalue weighted by atomic mass is 9.70. The first-order valence-corrected chi connectivity index (χ1v) is 7.61. The molecule has 0 saturated carbocycles. The minimum atomic E-state index is -0.199. The Morgan fingerprint density at radius 2 is 1.52 bits per heavy atom. The van der Waals surface area contributed by atoms with Crippen LogP contribution in [0.5, 0.6) is 5.75 Å². The molecule has 0 spiro atoms. The second kappa shape index (κ2) is 5.47. The number of carbonyl (C=O) groups is 1. The van der Waals surface area contributed by atoms with E-state index in [4.69, 9.17) is 0 Å². The summed E-state index contributed by atoms with van der Waals surface area (Å²) >= 11 is 0. The number of phenols is 1. The minimum Gasteiger partial charge on any atom is -0.507 e. The monoisotopic (exact) mass is 290 g/mol. The van der Waals surface area contributed by atoms with E-state index in [2.05, 4.69) is 61.5 Å². The molecule has 1 N–H and O–H groups in total. The summed E-state index contributed by atoms with van der Waals surface area (Å²) in [6, 6.07) is 3.90. The molecule has 0 aliphatic rings. The van der Waals surface area contributed by atoms with Gasteiger partial charge in [-0.05, 0) is 34.3 Å². The molecule has 0 aliphatic heterocycles. The Morgan fingerprint density at radius 1 is 1.00 bits per heavy atom. The Balaban J connectivity index is 3.48. The summed E-state index contributed by atoms with van der Waals surface area (Å²) in [5.41, 5.74) is 2.29. The van der Waals surface area contributed by atoms with Gasteiger partial charge in [0, 0.05) is 5.56 Å². The molecule has 0 aliphatic carbocycles. The third kappa shape index (κ3) is 4.33. The topological polar surface area (TPSA) is 37.3 Å². The zero-order valence-electron chi connectivity index (χ0n) is 14.8. The highest BCUT2D eigenvalue weighted by Gasteiger charge is 2.30. The molecule has 2 nitrogen and oxygen atoms in total. The van der Waals surface area contributed by atoms with Crippen LogP contribution in [0, 0.1) is 5.41 Å². The Hall–Kier alpha value is -1.31. The van der Waals surface area contributed by atoms with Crippen LogP contribution in [0.25, 0.3) is 0 Å². The van der Waals surface area contributed by atoms with E-state index < -0.39 is 0 Å². The van der Waals surface area contributed by atoms with Gasteiger partial charge in [-0.15, -0.1) is 0 Å². The lowest BCUT2D eigenvalue weighted by Gasteiger charge is -2.34. The normalized spacial score (nSPS) is 13.3. The second-order valence-corrected chi connectivity index (χ2v) is 8.95. The van der Waals surface area contributed by atoms with E-state index >= 15 is 0 Å². The van der Waals surface area contributed by atoms with Gasteiger partial charge in [-0.2, -0.15) is 0 Å². The maximum Gasteiger partial charge on any atom is 0.153 e. The standard InChI is InChI=1S/C19H30O2/c1-17(2,3)12-19(7,8)14-9-13(11-20)16(21)15(10-14)18(4,5)6/h9-11,21H,12H2,1-8H3. The van der Waals surface area contributed by atoms with Crippen LogP contribution in [0.1, 0.15) is 83.3 Å². The maximum absolute atomic E-state index is 11.3. The van der Waals surface area contributed by atoms with Crippen LogP contribution in [0.3, 0.4) is 0 Å². The highest BCUT2D eigenvalue weighted by Crippen LogP contribution is 2.41. The smallest absolute Gasteiger partial charge is 0.153 e. The van der Waals surface area contributed by atoms with Gasteiger partial charge in [0.25, 0.3) is 0 Å². The Labute approximate surface area is 129 Å². The van der Waals surface area contributed by atoms with Crippen molar-refractivity contribution < 1.29 is 9.90 Å². The number of hydrogen-bond donors (Lipinski definition) is 1. The molecule has 0 radical (unpaired) electrons. The number of benzene rings is 1. The average molecular weight is 290 g/mol. The predicted molar refractivity (Wildman–Crippen MR) is 89.3 cm³/mol. The summed E-state index contributed by atoms with van der Waals surface area (Å²) < 4.78 is 0. The summed E-state index contributed by atoms with van der Waals surface area (Å²) in [5.74, 6) is 0.118. The summed E-state index contributed by atoms with van der Waals surface area (Å²) in [5, 5.41) is 10.3. The number of aromatic hydroxyl groups is 1. The summed E-state index contributed by atoms with van der Waals surface area (Å²) in [6.45, 7) is 17.2. The fraction of sp³-hybridized carbons (Fsp3) is 0.632. The zero-order chi connectivity index (χ0) is 16.6. The molecule has 0 heterocycles. The van der Waals surface area contributed by atoms with Crippen LogP contribution >= 0.6 is 0 Å². The van der Waals surface area contributed by atoms with Gasteiger partial charge in [0.1, 0.15) is 5.75 Å². The van der Waals surface area contributed by atoms with Crippen molar-refractivity contribution in [2.24, 2.45) is 5.41 Å². The van der Waals surface area contributed by atoms with Crippen LogP contribution in [-0.2, 0) is 10.8 Å². The molecule has 2 heteroatoms. The molecule has 1 aromatic carbocycles. The molecular formula is C19H30O2. The predicted octanol–water partition coefficient (Wildman–Crippen LogP) is 5.22. The molecule has 0 aromatic heterocycles. The van der Waals surface area contributed by atoms with Gasteiger partial charge < -0.3 is 5.11 Å². The van der Waals surface area contributed by atoms with Crippen molar-refractivity contribution in [2.45, 2.75) is 72.6 Å². The van der Waals surface area contributed by atoms with E-state index in [-0.39, 0.29) is 22.0 Å². The summed E-state index contributed by atoms with van der Waals surface area (Å²) in [6.07, 6.45) is 1.76.